The molecule has 1 heterocycles. The van der Waals surface area contributed by atoms with E-state index >= 15 is 0 Å². The van der Waals surface area contributed by atoms with Crippen molar-refractivity contribution in [3.63, 3.8) is 0 Å². The van der Waals surface area contributed by atoms with Gasteiger partial charge in [0.1, 0.15) is 0 Å². The molecule has 4 saturated carbocycles. The molecule has 4 bridgehead atoms. The lowest BCUT2D eigenvalue weighted by atomic mass is 9.48. The van der Waals surface area contributed by atoms with E-state index in [1.54, 1.807) is 0 Å². The van der Waals surface area contributed by atoms with Crippen LogP contribution in [-0.4, -0.2) is 15.0 Å². The lowest BCUT2D eigenvalue weighted by Gasteiger charge is -2.57. The van der Waals surface area contributed by atoms with Gasteiger partial charge in [-0.05, 0) is 107 Å². The first kappa shape index (κ1) is 30.9. The molecule has 0 amide bonds. The molecule has 0 aliphatic heterocycles. The van der Waals surface area contributed by atoms with Gasteiger partial charge in [-0.3, -0.25) is 0 Å². The van der Waals surface area contributed by atoms with E-state index in [0.29, 0.717) is 28.5 Å². The largest absolute Gasteiger partial charge is 0.208 e. The Bertz CT molecular complexity index is 2460. The van der Waals surface area contributed by atoms with Crippen molar-refractivity contribution in [3.8, 4) is 62.5 Å². The van der Waals surface area contributed by atoms with Gasteiger partial charge in [-0.25, -0.2) is 15.0 Å². The van der Waals surface area contributed by atoms with Crippen LogP contribution < -0.4 is 0 Å². The minimum absolute atomic E-state index is 0.366. The number of hydrogen-bond donors (Lipinski definition) is 0. The van der Waals surface area contributed by atoms with E-state index in [0.717, 1.165) is 61.9 Å². The first-order valence-corrected chi connectivity index (χ1v) is 18.7. The van der Waals surface area contributed by atoms with Crippen LogP contribution in [0.4, 0.5) is 0 Å². The van der Waals surface area contributed by atoms with E-state index in [2.05, 4.69) is 84.9 Å². The zero-order chi connectivity index (χ0) is 34.6. The summed E-state index contributed by atoms with van der Waals surface area (Å²) in [6.07, 6.45) is 8.45. The minimum atomic E-state index is 0.366. The molecule has 4 nitrogen and oxygen atoms in total. The SMILES string of the molecule is N#Cc1cccc2c(-c3nc(-c4ccccc4)nc(-c4ccccc4-c4ccc(C56CC7C[C@H](C5)C[C@@H](C7)C6)cc4)n3)ccc(-c3ccccc3)c12. The predicted molar refractivity (Wildman–Crippen MR) is 209 cm³/mol. The van der Waals surface area contributed by atoms with Crippen LogP contribution in [0.3, 0.4) is 0 Å². The van der Waals surface area contributed by atoms with E-state index < -0.39 is 0 Å². The summed E-state index contributed by atoms with van der Waals surface area (Å²) in [6.45, 7) is 0. The van der Waals surface area contributed by atoms with Gasteiger partial charge in [-0.1, -0.05) is 127 Å². The Hall–Kier alpha value is -5.92. The fourth-order valence-electron chi connectivity index (χ4n) is 10.3. The second-order valence-corrected chi connectivity index (χ2v) is 15.4. The van der Waals surface area contributed by atoms with Crippen LogP contribution in [0.5, 0.6) is 0 Å². The van der Waals surface area contributed by atoms with E-state index in [9.17, 15) is 5.26 Å². The maximum Gasteiger partial charge on any atom is 0.164 e. The van der Waals surface area contributed by atoms with Crippen molar-refractivity contribution in [2.75, 3.05) is 0 Å². The lowest BCUT2D eigenvalue weighted by molar-refractivity contribution is -0.00518. The van der Waals surface area contributed by atoms with E-state index in [1.807, 2.05) is 60.7 Å². The van der Waals surface area contributed by atoms with Crippen LogP contribution in [0.1, 0.15) is 49.7 Å². The van der Waals surface area contributed by atoms with Gasteiger partial charge in [0.15, 0.2) is 17.5 Å². The molecule has 4 aliphatic rings. The maximum atomic E-state index is 10.2. The maximum absolute atomic E-state index is 10.2. The summed E-state index contributed by atoms with van der Waals surface area (Å²) in [5.41, 5.74) is 9.62. The van der Waals surface area contributed by atoms with Crippen LogP contribution >= 0.6 is 0 Å². The number of rotatable bonds is 6. The lowest BCUT2D eigenvalue weighted by Crippen LogP contribution is -2.48. The molecule has 0 unspecified atom stereocenters. The number of nitriles is 1. The van der Waals surface area contributed by atoms with Gasteiger partial charge in [0, 0.05) is 22.1 Å². The van der Waals surface area contributed by atoms with Gasteiger partial charge in [-0.2, -0.15) is 5.26 Å². The number of hydrogen-bond acceptors (Lipinski definition) is 4. The molecule has 250 valence electrons. The summed E-state index contributed by atoms with van der Waals surface area (Å²) in [5, 5.41) is 12.1. The van der Waals surface area contributed by atoms with Crippen molar-refractivity contribution < 1.29 is 0 Å². The second kappa shape index (κ2) is 12.4. The number of aromatic nitrogens is 3. The van der Waals surface area contributed by atoms with E-state index in [-0.39, 0.29) is 0 Å². The van der Waals surface area contributed by atoms with Crippen molar-refractivity contribution in [2.24, 2.45) is 17.8 Å². The van der Waals surface area contributed by atoms with Crippen LogP contribution in [0.2, 0.25) is 0 Å². The fraction of sp³-hybridized carbons (Fsp3) is 0.208. The van der Waals surface area contributed by atoms with Crippen LogP contribution in [0, 0.1) is 29.1 Å². The average molecular weight is 671 g/mol. The van der Waals surface area contributed by atoms with Gasteiger partial charge in [0.25, 0.3) is 0 Å². The molecule has 11 rings (SSSR count). The quantitative estimate of drug-likeness (QED) is 0.177. The highest BCUT2D eigenvalue weighted by Gasteiger charge is 2.51. The first-order chi connectivity index (χ1) is 25.6. The third-order valence-electron chi connectivity index (χ3n) is 12.2. The minimum Gasteiger partial charge on any atom is -0.208 e. The average Bonchev–Trinajstić information content (AvgIpc) is 3.20. The molecule has 7 aromatic rings. The van der Waals surface area contributed by atoms with E-state index in [1.165, 1.54) is 49.7 Å². The third-order valence-corrected chi connectivity index (χ3v) is 12.2. The standard InChI is InChI=1S/C48H38N4/c49-30-37-14-9-17-41-43(23-22-40(44(37)41)34-10-3-1-4-11-34)47-51-45(36-12-5-2-6-13-36)50-46(52-47)42-16-8-7-15-39(42)35-18-20-38(21-19-35)48-27-31-24-32(28-48)26-33(25-31)29-48/h1-23,31-33H,24-29H2/t31-,32+,33?,48?. The Morgan fingerprint density at radius 2 is 1.00 bits per heavy atom. The highest BCUT2D eigenvalue weighted by Crippen LogP contribution is 2.60. The zero-order valence-electron chi connectivity index (χ0n) is 29.0. The molecule has 0 spiro atoms. The van der Waals surface area contributed by atoms with Crippen molar-refractivity contribution >= 4 is 10.8 Å². The Kier molecular flexibility index (Phi) is 7.35. The predicted octanol–water partition coefficient (Wildman–Crippen LogP) is 11.7. The summed E-state index contributed by atoms with van der Waals surface area (Å²) in [6, 6.07) is 50.9. The molecule has 0 atom stereocenters. The molecular formula is C48H38N4. The Labute approximate surface area is 304 Å². The first-order valence-electron chi connectivity index (χ1n) is 18.7. The Morgan fingerprint density at radius 3 is 1.65 bits per heavy atom. The van der Waals surface area contributed by atoms with E-state index in [4.69, 9.17) is 15.0 Å². The Balaban J connectivity index is 1.11. The topological polar surface area (TPSA) is 62.5 Å². The van der Waals surface area contributed by atoms with Crippen LogP contribution in [0.25, 0.3) is 67.2 Å². The number of nitrogens with zero attached hydrogens (tertiary/aromatic N) is 4. The van der Waals surface area contributed by atoms with Gasteiger partial charge in [-0.15, -0.1) is 0 Å². The third kappa shape index (κ3) is 5.23. The molecule has 4 fully saturated rings. The molecular weight excluding hydrogens is 633 g/mol. The number of fused-ring (bicyclic) bond motifs is 1. The normalized spacial score (nSPS) is 21.6. The zero-order valence-corrected chi connectivity index (χ0v) is 29.0. The molecule has 4 heteroatoms. The monoisotopic (exact) mass is 670 g/mol. The summed E-state index contributed by atoms with van der Waals surface area (Å²) < 4.78 is 0. The molecule has 0 radical (unpaired) electrons. The van der Waals surface area contributed by atoms with Gasteiger partial charge >= 0.3 is 0 Å². The molecule has 1 aromatic heterocycles. The summed E-state index contributed by atoms with van der Waals surface area (Å²) >= 11 is 0. The van der Waals surface area contributed by atoms with Crippen LogP contribution in [-0.2, 0) is 5.41 Å². The van der Waals surface area contributed by atoms with Gasteiger partial charge < -0.3 is 0 Å². The summed E-state index contributed by atoms with van der Waals surface area (Å²) in [7, 11) is 0. The molecule has 6 aromatic carbocycles. The van der Waals surface area contributed by atoms with Crippen molar-refractivity contribution in [2.45, 2.75) is 43.9 Å². The molecule has 0 saturated heterocycles. The van der Waals surface area contributed by atoms with Crippen molar-refractivity contribution in [1.29, 1.82) is 5.26 Å². The van der Waals surface area contributed by atoms with Gasteiger partial charge in [0.2, 0.25) is 0 Å². The van der Waals surface area contributed by atoms with Crippen molar-refractivity contribution in [3.05, 3.63) is 151 Å². The summed E-state index contributed by atoms with van der Waals surface area (Å²) in [5.74, 6) is 4.58. The second-order valence-electron chi connectivity index (χ2n) is 15.4. The Morgan fingerprint density at radius 1 is 0.462 bits per heavy atom. The van der Waals surface area contributed by atoms with Crippen molar-refractivity contribution in [1.82, 2.24) is 15.0 Å². The number of benzene rings is 6. The van der Waals surface area contributed by atoms with Crippen LogP contribution in [0.15, 0.2) is 140 Å². The molecule has 4 aliphatic carbocycles. The molecule has 0 N–H and O–H groups in total. The summed E-state index contributed by atoms with van der Waals surface area (Å²) in [4.78, 5) is 15.5. The molecule has 52 heavy (non-hydrogen) atoms. The van der Waals surface area contributed by atoms with Gasteiger partial charge in [0.05, 0.1) is 11.6 Å². The smallest absolute Gasteiger partial charge is 0.164 e. The fourth-order valence-corrected chi connectivity index (χ4v) is 10.3. The highest BCUT2D eigenvalue weighted by atomic mass is 15.0. The highest BCUT2D eigenvalue weighted by molar-refractivity contribution is 6.07.